The van der Waals surface area contributed by atoms with Crippen LogP contribution in [0.4, 0.5) is 4.79 Å². The van der Waals surface area contributed by atoms with E-state index in [1.165, 1.54) is 11.1 Å². The fraction of sp³-hybridized carbons (Fsp3) is 0.500. The number of carbonyl (C=O) groups is 4. The van der Waals surface area contributed by atoms with Crippen LogP contribution in [0, 0.1) is 0 Å². The molecule has 0 fully saturated rings. The molecule has 0 spiro atoms. The molecule has 0 aromatic heterocycles. The summed E-state index contributed by atoms with van der Waals surface area (Å²) in [6.07, 6.45) is 4.81. The minimum absolute atomic E-state index is 0.0245. The maximum atomic E-state index is 12.2. The largest absolute Gasteiger partial charge is 0.456 e. The Balaban J connectivity index is 1.66. The molecule has 0 saturated heterocycles. The van der Waals surface area contributed by atoms with Gasteiger partial charge in [-0.25, -0.2) is 4.79 Å². The third kappa shape index (κ3) is 6.84. The van der Waals surface area contributed by atoms with Crippen LogP contribution in [0.25, 0.3) is 0 Å². The van der Waals surface area contributed by atoms with E-state index in [2.05, 4.69) is 10.6 Å². The molecule has 3 amide bonds. The van der Waals surface area contributed by atoms with Gasteiger partial charge in [0.1, 0.15) is 0 Å². The molecule has 1 aromatic rings. The van der Waals surface area contributed by atoms with Gasteiger partial charge in [0.2, 0.25) is 0 Å². The summed E-state index contributed by atoms with van der Waals surface area (Å²) in [7, 11) is 0. The molecule has 7 nitrogen and oxygen atoms in total. The fourth-order valence-corrected chi connectivity index (χ4v) is 2.91. The molecule has 2 N–H and O–H groups in total. The van der Waals surface area contributed by atoms with Crippen LogP contribution >= 0.6 is 0 Å². The number of urea groups is 1. The molecule has 0 unspecified atom stereocenters. The normalized spacial score (nSPS) is 12.2. The third-order valence-corrected chi connectivity index (χ3v) is 4.41. The Morgan fingerprint density at radius 3 is 2.63 bits per heavy atom. The third-order valence-electron chi connectivity index (χ3n) is 4.41. The van der Waals surface area contributed by atoms with E-state index in [1.54, 1.807) is 6.07 Å². The number of ketones is 1. The Labute approximate surface area is 158 Å². The lowest BCUT2D eigenvalue weighted by Crippen LogP contribution is -2.41. The van der Waals surface area contributed by atoms with Crippen molar-refractivity contribution >= 4 is 23.7 Å². The molecule has 1 aliphatic rings. The van der Waals surface area contributed by atoms with E-state index in [1.807, 2.05) is 19.1 Å². The van der Waals surface area contributed by atoms with Crippen molar-refractivity contribution in [2.75, 3.05) is 13.2 Å². The van der Waals surface area contributed by atoms with Crippen LogP contribution in [0.1, 0.15) is 60.5 Å². The number of ether oxygens (including phenoxy) is 1. The maximum absolute atomic E-state index is 12.2. The number of fused-ring (bicyclic) bond motifs is 1. The zero-order valence-corrected chi connectivity index (χ0v) is 15.6. The molecule has 2 rings (SSSR count). The summed E-state index contributed by atoms with van der Waals surface area (Å²) < 4.78 is 4.81. The van der Waals surface area contributed by atoms with Gasteiger partial charge in [-0.2, -0.15) is 0 Å². The number of Topliss-reactive ketones (excluding diaryl/α,β-unsaturated/α-hetero) is 1. The van der Waals surface area contributed by atoms with E-state index in [4.69, 9.17) is 4.74 Å². The van der Waals surface area contributed by atoms with Crippen molar-refractivity contribution in [2.24, 2.45) is 0 Å². The van der Waals surface area contributed by atoms with Crippen molar-refractivity contribution in [3.63, 3.8) is 0 Å². The van der Waals surface area contributed by atoms with Gasteiger partial charge in [-0.15, -0.1) is 0 Å². The van der Waals surface area contributed by atoms with Gasteiger partial charge in [0.05, 0.1) is 6.42 Å². The van der Waals surface area contributed by atoms with Crippen molar-refractivity contribution in [3.8, 4) is 0 Å². The van der Waals surface area contributed by atoms with Crippen LogP contribution in [-0.2, 0) is 27.2 Å². The average Bonchev–Trinajstić information content (AvgIpc) is 3.12. The second-order valence-corrected chi connectivity index (χ2v) is 6.58. The highest BCUT2D eigenvalue weighted by Crippen LogP contribution is 2.23. The Hall–Kier alpha value is -2.70. The summed E-state index contributed by atoms with van der Waals surface area (Å²) in [6, 6.07) is 5.06. The first-order valence-corrected chi connectivity index (χ1v) is 9.38. The van der Waals surface area contributed by atoms with Crippen LogP contribution in [0.5, 0.6) is 0 Å². The molecule has 27 heavy (non-hydrogen) atoms. The highest BCUT2D eigenvalue weighted by Gasteiger charge is 2.16. The number of aryl methyl sites for hydroxylation is 2. The maximum Gasteiger partial charge on any atom is 0.321 e. The summed E-state index contributed by atoms with van der Waals surface area (Å²) >= 11 is 0. The predicted molar refractivity (Wildman–Crippen MR) is 99.4 cm³/mol. The topological polar surface area (TPSA) is 102 Å². The zero-order chi connectivity index (χ0) is 19.6. The van der Waals surface area contributed by atoms with E-state index in [0.717, 1.165) is 32.1 Å². The first-order valence-electron chi connectivity index (χ1n) is 9.38. The Bertz CT molecular complexity index is 714. The molecule has 1 aliphatic carbocycles. The number of rotatable bonds is 9. The van der Waals surface area contributed by atoms with Gasteiger partial charge in [-0.1, -0.05) is 25.5 Å². The molecule has 0 aliphatic heterocycles. The van der Waals surface area contributed by atoms with Crippen molar-refractivity contribution < 1.29 is 23.9 Å². The number of carbonyl (C=O) groups excluding carboxylic acids is 4. The summed E-state index contributed by atoms with van der Waals surface area (Å²) in [5.74, 6) is -1.48. The van der Waals surface area contributed by atoms with Crippen molar-refractivity contribution in [3.05, 3.63) is 34.9 Å². The highest BCUT2D eigenvalue weighted by atomic mass is 16.5. The molecule has 0 saturated carbocycles. The van der Waals surface area contributed by atoms with E-state index >= 15 is 0 Å². The Kier molecular flexibility index (Phi) is 7.98. The van der Waals surface area contributed by atoms with Gasteiger partial charge in [-0.3, -0.25) is 19.7 Å². The number of hydrogen-bond acceptors (Lipinski definition) is 5. The Morgan fingerprint density at radius 1 is 1.07 bits per heavy atom. The van der Waals surface area contributed by atoms with Crippen LogP contribution in [-0.4, -0.2) is 36.8 Å². The monoisotopic (exact) mass is 374 g/mol. The summed E-state index contributed by atoms with van der Waals surface area (Å²) in [5.41, 5.74) is 3.10. The van der Waals surface area contributed by atoms with Gasteiger partial charge < -0.3 is 10.1 Å². The fourth-order valence-electron chi connectivity index (χ4n) is 2.91. The van der Waals surface area contributed by atoms with E-state index in [0.29, 0.717) is 12.1 Å². The van der Waals surface area contributed by atoms with Crippen molar-refractivity contribution in [1.29, 1.82) is 0 Å². The van der Waals surface area contributed by atoms with Gasteiger partial charge in [0.25, 0.3) is 5.91 Å². The highest BCUT2D eigenvalue weighted by molar-refractivity contribution is 5.98. The lowest BCUT2D eigenvalue weighted by molar-refractivity contribution is -0.148. The molecule has 0 bridgehead atoms. The quantitative estimate of drug-likeness (QED) is 0.392. The number of amides is 3. The SMILES string of the molecule is CCCCNC(=O)NC(=O)COC(=O)CCC(=O)c1ccc2c(c1)CCC2. The minimum atomic E-state index is -0.706. The number of hydrogen-bond donors (Lipinski definition) is 2. The molecule has 0 atom stereocenters. The second-order valence-electron chi connectivity index (χ2n) is 6.58. The number of benzene rings is 1. The Morgan fingerprint density at radius 2 is 1.85 bits per heavy atom. The van der Waals surface area contributed by atoms with Gasteiger partial charge in [-0.05, 0) is 42.9 Å². The summed E-state index contributed by atoms with van der Waals surface area (Å²) in [4.78, 5) is 46.9. The van der Waals surface area contributed by atoms with Gasteiger partial charge >= 0.3 is 12.0 Å². The molecule has 7 heteroatoms. The average molecular weight is 374 g/mol. The van der Waals surface area contributed by atoms with Crippen LogP contribution in [0.3, 0.4) is 0 Å². The molecule has 146 valence electrons. The number of esters is 1. The van der Waals surface area contributed by atoms with Crippen molar-refractivity contribution in [1.82, 2.24) is 10.6 Å². The lowest BCUT2D eigenvalue weighted by atomic mass is 10.0. The number of imide groups is 1. The van der Waals surface area contributed by atoms with E-state index in [9.17, 15) is 19.2 Å². The predicted octanol–water partition coefficient (Wildman–Crippen LogP) is 2.31. The van der Waals surface area contributed by atoms with E-state index in [-0.39, 0.29) is 18.6 Å². The molecule has 0 radical (unpaired) electrons. The first kappa shape index (κ1) is 20.6. The van der Waals surface area contributed by atoms with Gasteiger partial charge in [0, 0.05) is 18.5 Å². The molecule has 0 heterocycles. The second kappa shape index (κ2) is 10.4. The van der Waals surface area contributed by atoms with Crippen LogP contribution in [0.2, 0.25) is 0 Å². The summed E-state index contributed by atoms with van der Waals surface area (Å²) in [5, 5.41) is 4.60. The first-order chi connectivity index (χ1) is 13.0. The number of nitrogens with one attached hydrogen (secondary N) is 2. The van der Waals surface area contributed by atoms with Crippen LogP contribution < -0.4 is 10.6 Å². The van der Waals surface area contributed by atoms with Gasteiger partial charge in [0.15, 0.2) is 12.4 Å². The minimum Gasteiger partial charge on any atom is -0.456 e. The van der Waals surface area contributed by atoms with Crippen molar-refractivity contribution in [2.45, 2.75) is 51.9 Å². The smallest absolute Gasteiger partial charge is 0.321 e. The zero-order valence-electron chi connectivity index (χ0n) is 15.6. The molecule has 1 aromatic carbocycles. The standard InChI is InChI=1S/C20H26N2O5/c1-2-3-11-21-20(26)22-18(24)13-27-19(25)10-9-17(23)16-8-7-14-5-4-6-15(14)12-16/h7-8,12H,2-6,9-11,13H2,1H3,(H2,21,22,24,26). The molecular weight excluding hydrogens is 348 g/mol. The number of unbranched alkanes of at least 4 members (excludes halogenated alkanes) is 1. The van der Waals surface area contributed by atoms with E-state index < -0.39 is 24.5 Å². The lowest BCUT2D eigenvalue weighted by Gasteiger charge is -2.07. The summed E-state index contributed by atoms with van der Waals surface area (Å²) in [6.45, 7) is 1.91. The van der Waals surface area contributed by atoms with Crippen LogP contribution in [0.15, 0.2) is 18.2 Å². The molecular formula is C20H26N2O5.